The van der Waals surface area contributed by atoms with Gasteiger partial charge in [0, 0.05) is 26.2 Å². The zero-order chi connectivity index (χ0) is 12.1. The van der Waals surface area contributed by atoms with E-state index in [0.717, 1.165) is 42.6 Å². The number of rotatable bonds is 4. The minimum absolute atomic E-state index is 0.864. The summed E-state index contributed by atoms with van der Waals surface area (Å²) in [6, 6.07) is 5.88. The third-order valence-electron chi connectivity index (χ3n) is 2.67. The molecule has 0 spiro atoms. The normalized spacial score (nSPS) is 16.8. The van der Waals surface area contributed by atoms with E-state index in [2.05, 4.69) is 9.62 Å². The summed E-state index contributed by atoms with van der Waals surface area (Å²) in [7, 11) is 3.38. The second-order valence-electron chi connectivity index (χ2n) is 3.79. The van der Waals surface area contributed by atoms with Crippen LogP contribution >= 0.6 is 11.9 Å². The maximum absolute atomic E-state index is 5.37. The maximum Gasteiger partial charge on any atom is 0.134 e. The van der Waals surface area contributed by atoms with Gasteiger partial charge in [0.25, 0.3) is 0 Å². The van der Waals surface area contributed by atoms with Crippen molar-refractivity contribution in [2.24, 2.45) is 0 Å². The van der Waals surface area contributed by atoms with Gasteiger partial charge in [-0.3, -0.25) is 0 Å². The zero-order valence-electron chi connectivity index (χ0n) is 10.2. The van der Waals surface area contributed by atoms with E-state index in [1.54, 1.807) is 26.2 Å². The summed E-state index contributed by atoms with van der Waals surface area (Å²) in [6.07, 6.45) is 0. The molecule has 2 rings (SSSR count). The Hall–Kier alpha value is -0.910. The van der Waals surface area contributed by atoms with Gasteiger partial charge in [-0.2, -0.15) is 0 Å². The molecule has 1 aromatic carbocycles. The van der Waals surface area contributed by atoms with Gasteiger partial charge in [-0.05, 0) is 30.1 Å². The van der Waals surface area contributed by atoms with Crippen molar-refractivity contribution < 1.29 is 9.47 Å². The summed E-state index contributed by atoms with van der Waals surface area (Å²) in [6.45, 7) is 4.18. The number of ether oxygens (including phenoxy) is 2. The quantitative estimate of drug-likeness (QED) is 0.826. The molecule has 1 heterocycles. The maximum atomic E-state index is 5.37. The Kier molecular flexibility index (Phi) is 4.53. The van der Waals surface area contributed by atoms with Crippen molar-refractivity contribution in [1.29, 1.82) is 0 Å². The van der Waals surface area contributed by atoms with E-state index in [4.69, 9.17) is 9.47 Å². The first-order valence-corrected chi connectivity index (χ1v) is 6.46. The summed E-state index contributed by atoms with van der Waals surface area (Å²) < 4.78 is 13.0. The molecule has 0 unspecified atom stereocenters. The van der Waals surface area contributed by atoms with Crippen LogP contribution in [0.25, 0.3) is 0 Å². The Balaban J connectivity index is 2.11. The van der Waals surface area contributed by atoms with Crippen molar-refractivity contribution in [2.75, 3.05) is 40.4 Å². The van der Waals surface area contributed by atoms with Crippen LogP contribution in [0.4, 0.5) is 0 Å². The number of piperazine rings is 1. The topological polar surface area (TPSA) is 33.7 Å². The van der Waals surface area contributed by atoms with Crippen LogP contribution < -0.4 is 14.8 Å². The molecular weight excluding hydrogens is 236 g/mol. The van der Waals surface area contributed by atoms with Crippen LogP contribution in [0.2, 0.25) is 0 Å². The molecule has 1 N–H and O–H groups in total. The first-order chi connectivity index (χ1) is 8.33. The van der Waals surface area contributed by atoms with Crippen LogP contribution in [0.15, 0.2) is 23.1 Å². The Labute approximate surface area is 106 Å². The SMILES string of the molecule is COc1ccc(OC)c(SN2CCNCC2)c1. The van der Waals surface area contributed by atoms with Crippen LogP contribution in [0, 0.1) is 0 Å². The molecule has 17 heavy (non-hydrogen) atoms. The molecule has 0 atom stereocenters. The monoisotopic (exact) mass is 254 g/mol. The van der Waals surface area contributed by atoms with Gasteiger partial charge in [-0.15, -0.1) is 0 Å². The number of nitrogens with zero attached hydrogens (tertiary/aromatic N) is 1. The number of hydrogen-bond acceptors (Lipinski definition) is 5. The van der Waals surface area contributed by atoms with E-state index in [1.165, 1.54) is 0 Å². The van der Waals surface area contributed by atoms with E-state index in [0.29, 0.717) is 0 Å². The van der Waals surface area contributed by atoms with E-state index in [-0.39, 0.29) is 0 Å². The lowest BCUT2D eigenvalue weighted by molar-refractivity contribution is 0.384. The summed E-state index contributed by atoms with van der Waals surface area (Å²) in [4.78, 5) is 1.11. The highest BCUT2D eigenvalue weighted by atomic mass is 32.2. The highest BCUT2D eigenvalue weighted by Gasteiger charge is 2.14. The molecule has 1 aliphatic rings. The van der Waals surface area contributed by atoms with Crippen molar-refractivity contribution in [2.45, 2.75) is 4.90 Å². The van der Waals surface area contributed by atoms with Gasteiger partial charge in [0.1, 0.15) is 11.5 Å². The number of hydrogen-bond donors (Lipinski definition) is 1. The molecule has 1 aliphatic heterocycles. The number of benzene rings is 1. The lowest BCUT2D eigenvalue weighted by Crippen LogP contribution is -2.39. The van der Waals surface area contributed by atoms with Crippen molar-refractivity contribution >= 4 is 11.9 Å². The van der Waals surface area contributed by atoms with E-state index in [1.807, 2.05) is 18.2 Å². The fraction of sp³-hybridized carbons (Fsp3) is 0.500. The van der Waals surface area contributed by atoms with Gasteiger partial charge in [-0.1, -0.05) is 0 Å². The van der Waals surface area contributed by atoms with Crippen LogP contribution in [0.1, 0.15) is 0 Å². The predicted molar refractivity (Wildman–Crippen MR) is 69.8 cm³/mol. The molecule has 0 aliphatic carbocycles. The molecule has 0 aromatic heterocycles. The third-order valence-corrected chi connectivity index (χ3v) is 3.81. The smallest absolute Gasteiger partial charge is 0.134 e. The van der Waals surface area contributed by atoms with Crippen molar-refractivity contribution in [3.63, 3.8) is 0 Å². The minimum atomic E-state index is 0.864. The zero-order valence-corrected chi connectivity index (χ0v) is 11.0. The Morgan fingerprint density at radius 1 is 1.18 bits per heavy atom. The van der Waals surface area contributed by atoms with Gasteiger partial charge >= 0.3 is 0 Å². The fourth-order valence-corrected chi connectivity index (χ4v) is 2.78. The molecule has 1 saturated heterocycles. The standard InChI is InChI=1S/C12H18N2O2S/c1-15-10-3-4-11(16-2)12(9-10)17-14-7-5-13-6-8-14/h3-4,9,13H,5-8H2,1-2H3. The Morgan fingerprint density at radius 3 is 2.59 bits per heavy atom. The lowest BCUT2D eigenvalue weighted by Gasteiger charge is -2.26. The fourth-order valence-electron chi connectivity index (χ4n) is 1.73. The van der Waals surface area contributed by atoms with Gasteiger partial charge < -0.3 is 14.8 Å². The Morgan fingerprint density at radius 2 is 1.94 bits per heavy atom. The molecule has 0 amide bonds. The van der Waals surface area contributed by atoms with Crippen LogP contribution in [-0.2, 0) is 0 Å². The van der Waals surface area contributed by atoms with E-state index >= 15 is 0 Å². The first-order valence-electron chi connectivity index (χ1n) is 5.69. The average molecular weight is 254 g/mol. The highest BCUT2D eigenvalue weighted by Crippen LogP contribution is 2.34. The second-order valence-corrected chi connectivity index (χ2v) is 4.93. The molecular formula is C12H18N2O2S. The number of methoxy groups -OCH3 is 2. The Bertz CT molecular complexity index is 368. The lowest BCUT2D eigenvalue weighted by atomic mass is 10.3. The van der Waals surface area contributed by atoms with Crippen LogP contribution in [0.5, 0.6) is 11.5 Å². The summed E-state index contributed by atoms with van der Waals surface area (Å²) >= 11 is 1.73. The highest BCUT2D eigenvalue weighted by molar-refractivity contribution is 7.97. The average Bonchev–Trinajstić information content (AvgIpc) is 2.40. The minimum Gasteiger partial charge on any atom is -0.497 e. The van der Waals surface area contributed by atoms with E-state index < -0.39 is 0 Å². The molecule has 1 fully saturated rings. The molecule has 94 valence electrons. The summed E-state index contributed by atoms with van der Waals surface area (Å²) in [5.41, 5.74) is 0. The number of nitrogens with one attached hydrogen (secondary N) is 1. The molecule has 0 bridgehead atoms. The van der Waals surface area contributed by atoms with Crippen LogP contribution in [0.3, 0.4) is 0 Å². The van der Waals surface area contributed by atoms with Crippen molar-refractivity contribution in [3.05, 3.63) is 18.2 Å². The molecule has 5 heteroatoms. The summed E-state index contributed by atoms with van der Waals surface area (Å²) in [5.74, 6) is 1.76. The van der Waals surface area contributed by atoms with Gasteiger partial charge in [-0.25, -0.2) is 4.31 Å². The first kappa shape index (κ1) is 12.5. The second kappa shape index (κ2) is 6.14. The van der Waals surface area contributed by atoms with E-state index in [9.17, 15) is 0 Å². The van der Waals surface area contributed by atoms with Crippen molar-refractivity contribution in [1.82, 2.24) is 9.62 Å². The van der Waals surface area contributed by atoms with Gasteiger partial charge in [0.05, 0.1) is 19.1 Å². The summed E-state index contributed by atoms with van der Waals surface area (Å²) in [5, 5.41) is 3.34. The molecule has 1 aromatic rings. The largest absolute Gasteiger partial charge is 0.497 e. The van der Waals surface area contributed by atoms with Crippen LogP contribution in [-0.4, -0.2) is 44.7 Å². The van der Waals surface area contributed by atoms with Crippen molar-refractivity contribution in [3.8, 4) is 11.5 Å². The van der Waals surface area contributed by atoms with Gasteiger partial charge in [0.2, 0.25) is 0 Å². The molecule has 4 nitrogen and oxygen atoms in total. The predicted octanol–water partition coefficient (Wildman–Crippen LogP) is 1.62. The van der Waals surface area contributed by atoms with Gasteiger partial charge in [0.15, 0.2) is 0 Å². The molecule has 0 saturated carbocycles. The third kappa shape index (κ3) is 3.28. The molecule has 0 radical (unpaired) electrons.